The average Bonchev–Trinajstić information content (AvgIpc) is 2.68. The number of benzene rings is 1. The van der Waals surface area contributed by atoms with Crippen molar-refractivity contribution in [1.29, 1.82) is 0 Å². The molecule has 1 amide bonds. The molecule has 146 valence electrons. The summed E-state index contributed by atoms with van der Waals surface area (Å²) >= 11 is 0. The van der Waals surface area contributed by atoms with Gasteiger partial charge in [-0.1, -0.05) is 25.1 Å². The normalized spacial score (nSPS) is 10.8. The number of nitrogens with zero attached hydrogens (tertiary/aromatic N) is 1. The minimum Gasteiger partial charge on any atom is -0.478 e. The number of fused-ring (bicyclic) bond motifs is 1. The molecule has 2 heterocycles. The molecule has 0 aliphatic heterocycles. The fourth-order valence-electron chi connectivity index (χ4n) is 2.97. The van der Waals surface area contributed by atoms with E-state index in [4.69, 9.17) is 10.5 Å². The summed E-state index contributed by atoms with van der Waals surface area (Å²) < 4.78 is 19.8. The first-order valence-corrected chi connectivity index (χ1v) is 8.99. The number of aromatic nitrogens is 2. The van der Waals surface area contributed by atoms with Gasteiger partial charge in [0.05, 0.1) is 24.0 Å². The summed E-state index contributed by atoms with van der Waals surface area (Å²) in [6.45, 7) is 4.51. The lowest BCUT2D eigenvalue weighted by molar-refractivity contribution is 0.0953. The molecule has 0 fully saturated rings. The van der Waals surface area contributed by atoms with Gasteiger partial charge in [-0.3, -0.25) is 9.59 Å². The van der Waals surface area contributed by atoms with E-state index >= 15 is 0 Å². The van der Waals surface area contributed by atoms with Crippen molar-refractivity contribution >= 4 is 22.5 Å². The van der Waals surface area contributed by atoms with Gasteiger partial charge in [0.2, 0.25) is 5.88 Å². The first-order chi connectivity index (χ1) is 13.5. The molecule has 2 aromatic heterocycles. The third-order valence-corrected chi connectivity index (χ3v) is 4.26. The van der Waals surface area contributed by atoms with Crippen LogP contribution in [0.25, 0.3) is 22.0 Å². The predicted molar refractivity (Wildman–Crippen MR) is 106 cm³/mol. The molecule has 0 saturated heterocycles. The molecule has 7 nitrogen and oxygen atoms in total. The van der Waals surface area contributed by atoms with E-state index in [-0.39, 0.29) is 22.7 Å². The Kier molecular flexibility index (Phi) is 5.58. The Morgan fingerprint density at radius 2 is 2.11 bits per heavy atom. The minimum absolute atomic E-state index is 0.0497. The van der Waals surface area contributed by atoms with E-state index in [9.17, 15) is 14.0 Å². The second-order valence-electron chi connectivity index (χ2n) is 6.16. The zero-order chi connectivity index (χ0) is 20.3. The summed E-state index contributed by atoms with van der Waals surface area (Å²) in [6.07, 6.45) is 1.79. The Labute approximate surface area is 160 Å². The van der Waals surface area contributed by atoms with Crippen molar-refractivity contribution in [3.05, 3.63) is 52.2 Å². The molecule has 0 spiro atoms. The number of anilines is 1. The van der Waals surface area contributed by atoms with Crippen molar-refractivity contribution < 1.29 is 13.9 Å². The monoisotopic (exact) mass is 384 g/mol. The van der Waals surface area contributed by atoms with Gasteiger partial charge in [-0.15, -0.1) is 0 Å². The van der Waals surface area contributed by atoms with Crippen molar-refractivity contribution in [3.63, 3.8) is 0 Å². The minimum atomic E-state index is -0.634. The number of carbonyl (C=O) groups is 1. The third-order valence-electron chi connectivity index (χ3n) is 4.26. The average molecular weight is 384 g/mol. The summed E-state index contributed by atoms with van der Waals surface area (Å²) in [6, 6.07) is 6.47. The lowest BCUT2D eigenvalue weighted by atomic mass is 10.00. The van der Waals surface area contributed by atoms with E-state index < -0.39 is 17.3 Å². The molecule has 0 unspecified atom stereocenters. The maximum Gasteiger partial charge on any atom is 0.263 e. The molecule has 4 N–H and O–H groups in total. The molecule has 0 aliphatic rings. The van der Waals surface area contributed by atoms with E-state index in [0.29, 0.717) is 29.6 Å². The zero-order valence-electron chi connectivity index (χ0n) is 15.6. The first kappa shape index (κ1) is 19.3. The Balaban J connectivity index is 2.21. The molecule has 0 bridgehead atoms. The molecule has 28 heavy (non-hydrogen) atoms. The van der Waals surface area contributed by atoms with Gasteiger partial charge in [-0.2, -0.15) is 0 Å². The third kappa shape index (κ3) is 3.53. The highest BCUT2D eigenvalue weighted by Crippen LogP contribution is 2.33. The van der Waals surface area contributed by atoms with E-state index in [1.165, 1.54) is 6.07 Å². The summed E-state index contributed by atoms with van der Waals surface area (Å²) in [5.41, 5.74) is 6.38. The van der Waals surface area contributed by atoms with E-state index in [1.807, 2.05) is 6.92 Å². The van der Waals surface area contributed by atoms with Crippen LogP contribution in [0.4, 0.5) is 10.1 Å². The lowest BCUT2D eigenvalue weighted by Gasteiger charge is -2.13. The molecule has 0 radical (unpaired) electrons. The predicted octanol–water partition coefficient (Wildman–Crippen LogP) is 2.85. The number of pyridine rings is 2. The topological polar surface area (TPSA) is 110 Å². The van der Waals surface area contributed by atoms with Crippen molar-refractivity contribution in [3.8, 4) is 17.0 Å². The number of carbonyl (C=O) groups excluding carboxylic acids is 1. The van der Waals surface area contributed by atoms with Crippen LogP contribution in [0.1, 0.15) is 30.6 Å². The van der Waals surface area contributed by atoms with Gasteiger partial charge in [0.15, 0.2) is 0 Å². The lowest BCUT2D eigenvalue weighted by Crippen LogP contribution is -2.31. The summed E-state index contributed by atoms with van der Waals surface area (Å²) in [5.74, 6) is -0.844. The number of rotatable bonds is 6. The number of ether oxygens (including phenoxy) is 1. The van der Waals surface area contributed by atoms with Gasteiger partial charge in [0.25, 0.3) is 11.5 Å². The molecular formula is C20H21FN4O3. The zero-order valence-corrected chi connectivity index (χ0v) is 15.6. The van der Waals surface area contributed by atoms with Gasteiger partial charge in [-0.25, -0.2) is 9.37 Å². The molecule has 3 rings (SSSR count). The van der Waals surface area contributed by atoms with Crippen molar-refractivity contribution in [2.45, 2.75) is 20.3 Å². The van der Waals surface area contributed by atoms with Crippen LogP contribution < -0.4 is 21.3 Å². The van der Waals surface area contributed by atoms with Gasteiger partial charge in [-0.05, 0) is 13.3 Å². The molecular weight excluding hydrogens is 363 g/mol. The number of hydrogen-bond acceptors (Lipinski definition) is 5. The fraction of sp³-hybridized carbons (Fsp3) is 0.250. The number of amides is 1. The number of nitrogens with one attached hydrogen (secondary N) is 2. The highest BCUT2D eigenvalue weighted by atomic mass is 19.1. The second-order valence-corrected chi connectivity index (χ2v) is 6.16. The molecule has 3 aromatic rings. The highest BCUT2D eigenvalue weighted by Gasteiger charge is 2.20. The molecule has 0 saturated carbocycles. The van der Waals surface area contributed by atoms with E-state index in [0.717, 1.165) is 12.6 Å². The van der Waals surface area contributed by atoms with Gasteiger partial charge in [0.1, 0.15) is 11.4 Å². The SMILES string of the molecule is CCCNC(=O)c1c(N)c2cccc(-c3cc(OCC)ncc3F)c2[nH]c1=O. The number of aromatic amines is 1. The quantitative estimate of drug-likeness (QED) is 0.605. The van der Waals surface area contributed by atoms with Crippen LogP contribution in [0.5, 0.6) is 5.88 Å². The van der Waals surface area contributed by atoms with E-state index in [1.54, 1.807) is 25.1 Å². The highest BCUT2D eigenvalue weighted by molar-refractivity contribution is 6.08. The van der Waals surface area contributed by atoms with Crippen LogP contribution in [-0.2, 0) is 0 Å². The molecule has 0 atom stereocenters. The van der Waals surface area contributed by atoms with Crippen LogP contribution in [-0.4, -0.2) is 29.0 Å². The first-order valence-electron chi connectivity index (χ1n) is 8.99. The van der Waals surface area contributed by atoms with Crippen molar-refractivity contribution in [1.82, 2.24) is 15.3 Å². The standard InChI is InChI=1S/C20H21FN4O3/c1-3-8-23-19(26)16-17(22)12-7-5-6-11(18(12)25-20(16)27)13-9-15(28-4-2)24-10-14(13)21/h5-7,9-10H,3-4,8H2,1-2H3,(H,23,26)(H3,22,25,27). The Morgan fingerprint density at radius 3 is 2.82 bits per heavy atom. The number of hydrogen-bond donors (Lipinski definition) is 3. The summed E-state index contributed by atoms with van der Waals surface area (Å²) in [7, 11) is 0. The number of halogens is 1. The van der Waals surface area contributed by atoms with E-state index in [2.05, 4.69) is 15.3 Å². The largest absolute Gasteiger partial charge is 0.478 e. The number of nitrogen functional groups attached to an aromatic ring is 1. The fourth-order valence-corrected chi connectivity index (χ4v) is 2.97. The molecule has 1 aromatic carbocycles. The van der Waals surface area contributed by atoms with Crippen LogP contribution in [0.2, 0.25) is 0 Å². The summed E-state index contributed by atoms with van der Waals surface area (Å²) in [4.78, 5) is 31.5. The number of para-hydroxylation sites is 1. The Morgan fingerprint density at radius 1 is 1.32 bits per heavy atom. The summed E-state index contributed by atoms with van der Waals surface area (Å²) in [5, 5.41) is 3.10. The van der Waals surface area contributed by atoms with Gasteiger partial charge in [0, 0.05) is 29.1 Å². The van der Waals surface area contributed by atoms with Crippen LogP contribution in [0, 0.1) is 5.82 Å². The maximum absolute atomic E-state index is 14.5. The van der Waals surface area contributed by atoms with Gasteiger partial charge >= 0.3 is 0 Å². The Hall–Kier alpha value is -3.42. The maximum atomic E-state index is 14.5. The number of H-pyrrole nitrogens is 1. The van der Waals surface area contributed by atoms with Crippen LogP contribution in [0.3, 0.4) is 0 Å². The number of nitrogens with two attached hydrogens (primary N) is 1. The van der Waals surface area contributed by atoms with Crippen molar-refractivity contribution in [2.24, 2.45) is 0 Å². The Bertz CT molecular complexity index is 1090. The van der Waals surface area contributed by atoms with Gasteiger partial charge < -0.3 is 20.8 Å². The molecule has 0 aliphatic carbocycles. The molecule has 8 heteroatoms. The van der Waals surface area contributed by atoms with Crippen LogP contribution >= 0.6 is 0 Å². The second kappa shape index (κ2) is 8.08. The van der Waals surface area contributed by atoms with Crippen LogP contribution in [0.15, 0.2) is 35.3 Å². The smallest absolute Gasteiger partial charge is 0.263 e. The van der Waals surface area contributed by atoms with Crippen molar-refractivity contribution in [2.75, 3.05) is 18.9 Å².